The number of nitrogens with zero attached hydrogens (tertiary/aromatic N) is 1. The molecule has 118 valence electrons. The first-order valence-corrected chi connectivity index (χ1v) is 8.11. The molecule has 0 atom stereocenters. The highest BCUT2D eigenvalue weighted by Crippen LogP contribution is 2.33. The van der Waals surface area contributed by atoms with Crippen molar-refractivity contribution in [2.75, 3.05) is 13.1 Å². The molecular formula is C19H20N2O2. The summed E-state index contributed by atoms with van der Waals surface area (Å²) in [5.74, 6) is 0.677. The fraction of sp³-hybridized carbons (Fsp3) is 0.316. The number of ether oxygens (including phenoxy) is 1. The van der Waals surface area contributed by atoms with E-state index in [1.807, 2.05) is 30.3 Å². The molecule has 0 bridgehead atoms. The van der Waals surface area contributed by atoms with Gasteiger partial charge in [-0.25, -0.2) is 0 Å². The molecule has 1 fully saturated rings. The van der Waals surface area contributed by atoms with E-state index in [0.29, 0.717) is 11.3 Å². The van der Waals surface area contributed by atoms with Crippen LogP contribution in [0.3, 0.4) is 0 Å². The molecule has 0 aromatic heterocycles. The fourth-order valence-electron chi connectivity index (χ4n) is 3.39. The molecule has 2 heterocycles. The second kappa shape index (κ2) is 5.70. The van der Waals surface area contributed by atoms with Gasteiger partial charge in [0.2, 0.25) is 0 Å². The van der Waals surface area contributed by atoms with Gasteiger partial charge in [0.15, 0.2) is 5.72 Å². The van der Waals surface area contributed by atoms with Crippen molar-refractivity contribution >= 4 is 5.91 Å². The number of benzene rings is 2. The molecule has 23 heavy (non-hydrogen) atoms. The Hall–Kier alpha value is -2.33. The molecule has 2 aromatic carbocycles. The van der Waals surface area contributed by atoms with Gasteiger partial charge in [0.1, 0.15) is 5.75 Å². The Labute approximate surface area is 136 Å². The zero-order valence-corrected chi connectivity index (χ0v) is 13.0. The van der Waals surface area contributed by atoms with Crippen molar-refractivity contribution in [2.45, 2.75) is 25.1 Å². The van der Waals surface area contributed by atoms with Crippen LogP contribution in [0.15, 0.2) is 54.6 Å². The molecule has 0 radical (unpaired) electrons. The summed E-state index contributed by atoms with van der Waals surface area (Å²) in [6.45, 7) is 2.77. The highest BCUT2D eigenvalue weighted by atomic mass is 16.5. The highest BCUT2D eigenvalue weighted by molar-refractivity contribution is 5.98. The van der Waals surface area contributed by atoms with Crippen molar-refractivity contribution in [1.82, 2.24) is 10.2 Å². The molecule has 4 nitrogen and oxygen atoms in total. The lowest BCUT2D eigenvalue weighted by Crippen LogP contribution is -2.60. The Balaban J connectivity index is 1.44. The van der Waals surface area contributed by atoms with Crippen LogP contribution >= 0.6 is 0 Å². The lowest BCUT2D eigenvalue weighted by atomic mass is 9.96. The number of hydrogen-bond acceptors (Lipinski definition) is 3. The second-order valence-corrected chi connectivity index (χ2v) is 6.31. The van der Waals surface area contributed by atoms with E-state index in [4.69, 9.17) is 4.74 Å². The molecule has 1 N–H and O–H groups in total. The van der Waals surface area contributed by atoms with E-state index in [0.717, 1.165) is 32.5 Å². The zero-order chi connectivity index (χ0) is 15.7. The summed E-state index contributed by atoms with van der Waals surface area (Å²) >= 11 is 0. The normalized spacial score (nSPS) is 19.7. The minimum atomic E-state index is -0.543. The maximum atomic E-state index is 12.3. The van der Waals surface area contributed by atoms with Crippen molar-refractivity contribution in [1.29, 1.82) is 0 Å². The molecule has 2 aliphatic rings. The number of carbonyl (C=O) groups excluding carboxylic acids is 1. The van der Waals surface area contributed by atoms with Gasteiger partial charge >= 0.3 is 0 Å². The molecule has 4 rings (SSSR count). The Kier molecular flexibility index (Phi) is 3.54. The van der Waals surface area contributed by atoms with Crippen molar-refractivity contribution < 1.29 is 9.53 Å². The van der Waals surface area contributed by atoms with Crippen LogP contribution < -0.4 is 10.1 Å². The average molecular weight is 308 g/mol. The van der Waals surface area contributed by atoms with Gasteiger partial charge in [0, 0.05) is 32.5 Å². The third-order valence-corrected chi connectivity index (χ3v) is 4.69. The molecular weight excluding hydrogens is 288 g/mol. The quantitative estimate of drug-likeness (QED) is 0.927. The smallest absolute Gasteiger partial charge is 0.258 e. The van der Waals surface area contributed by atoms with Gasteiger partial charge in [-0.1, -0.05) is 42.5 Å². The van der Waals surface area contributed by atoms with Crippen molar-refractivity contribution in [2.24, 2.45) is 0 Å². The number of fused-ring (bicyclic) bond motifs is 1. The zero-order valence-electron chi connectivity index (χ0n) is 13.0. The van der Waals surface area contributed by atoms with Crippen LogP contribution in [0.5, 0.6) is 5.75 Å². The number of carbonyl (C=O) groups is 1. The topological polar surface area (TPSA) is 41.6 Å². The Morgan fingerprint density at radius 3 is 2.48 bits per heavy atom. The van der Waals surface area contributed by atoms with Crippen molar-refractivity contribution in [3.05, 3.63) is 65.7 Å². The summed E-state index contributed by atoms with van der Waals surface area (Å²) in [6, 6.07) is 18.0. The predicted octanol–water partition coefficient (Wildman–Crippen LogP) is 2.80. The molecule has 1 amide bonds. The predicted molar refractivity (Wildman–Crippen MR) is 88.2 cm³/mol. The summed E-state index contributed by atoms with van der Waals surface area (Å²) in [5.41, 5.74) is 1.41. The molecule has 4 heteroatoms. The standard InChI is InChI=1S/C19H20N2O2/c22-18-16-8-4-5-9-17(16)23-19(20-18)10-12-21(13-11-19)14-15-6-2-1-3-7-15/h1-9H,10-14H2,(H,20,22). The number of rotatable bonds is 2. The van der Waals surface area contributed by atoms with Crippen LogP contribution in [-0.4, -0.2) is 29.6 Å². The van der Waals surface area contributed by atoms with Crippen LogP contribution in [0.4, 0.5) is 0 Å². The minimum Gasteiger partial charge on any atom is -0.467 e. The van der Waals surface area contributed by atoms with E-state index in [2.05, 4.69) is 34.5 Å². The first-order chi connectivity index (χ1) is 11.2. The first-order valence-electron chi connectivity index (χ1n) is 8.11. The number of amides is 1. The fourth-order valence-corrected chi connectivity index (χ4v) is 3.39. The molecule has 1 spiro atoms. The van der Waals surface area contributed by atoms with Crippen LogP contribution in [0.25, 0.3) is 0 Å². The van der Waals surface area contributed by atoms with Gasteiger partial charge in [0.05, 0.1) is 5.56 Å². The van der Waals surface area contributed by atoms with Gasteiger partial charge < -0.3 is 10.1 Å². The van der Waals surface area contributed by atoms with Gasteiger partial charge in [0.25, 0.3) is 5.91 Å². The molecule has 0 aliphatic carbocycles. The van der Waals surface area contributed by atoms with E-state index < -0.39 is 5.72 Å². The SMILES string of the molecule is O=C1NC2(CCN(Cc3ccccc3)CC2)Oc2ccccc21. The molecule has 0 unspecified atom stereocenters. The number of nitrogens with one attached hydrogen (secondary N) is 1. The average Bonchev–Trinajstić information content (AvgIpc) is 2.58. The van der Waals surface area contributed by atoms with Gasteiger partial charge in [-0.2, -0.15) is 0 Å². The largest absolute Gasteiger partial charge is 0.467 e. The Morgan fingerprint density at radius 2 is 1.70 bits per heavy atom. The maximum Gasteiger partial charge on any atom is 0.258 e. The summed E-state index contributed by atoms with van der Waals surface area (Å²) in [4.78, 5) is 14.7. The Bertz CT molecular complexity index is 706. The van der Waals surface area contributed by atoms with Crippen molar-refractivity contribution in [3.8, 4) is 5.75 Å². The summed E-state index contributed by atoms with van der Waals surface area (Å²) in [7, 11) is 0. The summed E-state index contributed by atoms with van der Waals surface area (Å²) in [5, 5.41) is 3.08. The Morgan fingerprint density at radius 1 is 1.00 bits per heavy atom. The maximum absolute atomic E-state index is 12.3. The third-order valence-electron chi connectivity index (χ3n) is 4.69. The lowest BCUT2D eigenvalue weighted by molar-refractivity contribution is -0.0304. The van der Waals surface area contributed by atoms with Crippen LogP contribution in [0, 0.1) is 0 Å². The number of likely N-dealkylation sites (tertiary alicyclic amines) is 1. The summed E-state index contributed by atoms with van der Waals surface area (Å²) < 4.78 is 6.17. The molecule has 0 saturated carbocycles. The number of piperidine rings is 1. The minimum absolute atomic E-state index is 0.0247. The van der Waals surface area contributed by atoms with Gasteiger partial charge in [-0.05, 0) is 17.7 Å². The molecule has 2 aliphatic heterocycles. The molecule has 1 saturated heterocycles. The van der Waals surface area contributed by atoms with Crippen molar-refractivity contribution in [3.63, 3.8) is 0 Å². The van der Waals surface area contributed by atoms with Gasteiger partial charge in [-0.3, -0.25) is 9.69 Å². The monoisotopic (exact) mass is 308 g/mol. The van der Waals surface area contributed by atoms with Crippen LogP contribution in [0.2, 0.25) is 0 Å². The first kappa shape index (κ1) is 14.3. The third kappa shape index (κ3) is 2.82. The number of para-hydroxylation sites is 1. The summed E-state index contributed by atoms with van der Waals surface area (Å²) in [6.07, 6.45) is 1.61. The van der Waals surface area contributed by atoms with E-state index >= 15 is 0 Å². The second-order valence-electron chi connectivity index (χ2n) is 6.31. The van der Waals surface area contributed by atoms with E-state index in [-0.39, 0.29) is 5.91 Å². The highest BCUT2D eigenvalue weighted by Gasteiger charge is 2.42. The van der Waals surface area contributed by atoms with E-state index in [1.54, 1.807) is 0 Å². The van der Waals surface area contributed by atoms with Gasteiger partial charge in [-0.15, -0.1) is 0 Å². The van der Waals surface area contributed by atoms with E-state index in [1.165, 1.54) is 5.56 Å². The van der Waals surface area contributed by atoms with Crippen LogP contribution in [0.1, 0.15) is 28.8 Å². The van der Waals surface area contributed by atoms with E-state index in [9.17, 15) is 4.79 Å². The molecule has 2 aromatic rings. The number of hydrogen-bond donors (Lipinski definition) is 1. The van der Waals surface area contributed by atoms with Crippen LogP contribution in [-0.2, 0) is 6.54 Å². The lowest BCUT2D eigenvalue weighted by Gasteiger charge is -2.44.